The summed E-state index contributed by atoms with van der Waals surface area (Å²) in [5, 5.41) is 2.55. The van der Waals surface area contributed by atoms with E-state index in [1.165, 1.54) is 24.4 Å². The third kappa shape index (κ3) is 3.86. The summed E-state index contributed by atoms with van der Waals surface area (Å²) in [6.07, 6.45) is -1.76. The van der Waals surface area contributed by atoms with Gasteiger partial charge in [-0.25, -0.2) is 4.98 Å². The van der Waals surface area contributed by atoms with Crippen LogP contribution < -0.4 is 9.72 Å². The van der Waals surface area contributed by atoms with Crippen molar-refractivity contribution in [1.29, 1.82) is 0 Å². The summed E-state index contributed by atoms with van der Waals surface area (Å²) < 4.78 is 42.6. The van der Waals surface area contributed by atoms with E-state index in [-0.39, 0.29) is 11.4 Å². The zero-order valence-electron chi connectivity index (χ0n) is 15.3. The minimum absolute atomic E-state index is 0.00393. The molecule has 3 heterocycles. The highest BCUT2D eigenvalue weighted by molar-refractivity contribution is 6.30. The zero-order valence-corrected chi connectivity index (χ0v) is 16.1. The molecule has 2 N–H and O–H groups in total. The lowest BCUT2D eigenvalue weighted by atomic mass is 10.1. The number of pyridine rings is 2. The first-order chi connectivity index (χ1) is 14.3. The van der Waals surface area contributed by atoms with Crippen LogP contribution in [-0.4, -0.2) is 22.1 Å². The summed E-state index contributed by atoms with van der Waals surface area (Å²) in [7, 11) is 0. The molecule has 0 radical (unpaired) electrons. The van der Waals surface area contributed by atoms with Gasteiger partial charge in [0, 0.05) is 11.2 Å². The van der Waals surface area contributed by atoms with E-state index in [9.17, 15) is 18.0 Å². The van der Waals surface area contributed by atoms with Crippen molar-refractivity contribution in [3.63, 3.8) is 0 Å². The van der Waals surface area contributed by atoms with Crippen molar-refractivity contribution in [3.8, 4) is 11.4 Å². The summed E-state index contributed by atoms with van der Waals surface area (Å²) in [5.41, 5.74) is 0.805. The van der Waals surface area contributed by atoms with Gasteiger partial charge in [-0.3, -0.25) is 9.78 Å². The lowest BCUT2D eigenvalue weighted by Crippen LogP contribution is -2.39. The number of carbonyl (C=O) groups is 1. The number of carbonyl (C=O) groups excluding carboxylic acids is 1. The molecule has 0 aliphatic rings. The predicted octanol–water partition coefficient (Wildman–Crippen LogP) is 4.50. The van der Waals surface area contributed by atoms with Gasteiger partial charge >= 0.3 is 6.18 Å². The first-order valence-corrected chi connectivity index (χ1v) is 9.29. The van der Waals surface area contributed by atoms with Gasteiger partial charge < -0.3 is 5.32 Å². The summed E-state index contributed by atoms with van der Waals surface area (Å²) in [6, 6.07) is 13.9. The molecule has 0 fully saturated rings. The Labute approximate surface area is 174 Å². The topological polar surface area (TPSA) is 61.9 Å². The van der Waals surface area contributed by atoms with Gasteiger partial charge in [0.05, 0.1) is 17.5 Å². The van der Waals surface area contributed by atoms with Crippen LogP contribution >= 0.6 is 11.6 Å². The number of alkyl halides is 3. The first kappa shape index (κ1) is 19.9. The van der Waals surface area contributed by atoms with E-state index in [0.717, 1.165) is 0 Å². The van der Waals surface area contributed by atoms with Crippen LogP contribution in [0.1, 0.15) is 22.2 Å². The van der Waals surface area contributed by atoms with E-state index in [1.807, 2.05) is 0 Å². The lowest BCUT2D eigenvalue weighted by Gasteiger charge is -2.20. The molecule has 152 valence electrons. The number of halogens is 4. The number of amides is 1. The quantitative estimate of drug-likeness (QED) is 0.467. The number of fused-ring (bicyclic) bond motifs is 1. The molecule has 0 spiro atoms. The first-order valence-electron chi connectivity index (χ1n) is 8.91. The second-order valence-corrected chi connectivity index (χ2v) is 6.95. The third-order valence-electron chi connectivity index (χ3n) is 4.51. The Morgan fingerprint density at radius 2 is 1.90 bits per heavy atom. The number of benzene rings is 1. The van der Waals surface area contributed by atoms with Gasteiger partial charge in [0.1, 0.15) is 0 Å². The van der Waals surface area contributed by atoms with Crippen molar-refractivity contribution in [1.82, 2.24) is 15.3 Å². The maximum atomic E-state index is 13.6. The maximum absolute atomic E-state index is 13.6. The number of nitrogens with zero attached hydrogens (tertiary/aromatic N) is 2. The van der Waals surface area contributed by atoms with Gasteiger partial charge in [0.25, 0.3) is 11.7 Å². The van der Waals surface area contributed by atoms with E-state index >= 15 is 0 Å². The molecule has 0 aliphatic heterocycles. The van der Waals surface area contributed by atoms with Crippen molar-refractivity contribution >= 4 is 23.0 Å². The van der Waals surface area contributed by atoms with E-state index in [0.29, 0.717) is 21.9 Å². The van der Waals surface area contributed by atoms with Gasteiger partial charge in [0.2, 0.25) is 5.69 Å². The third-order valence-corrected chi connectivity index (χ3v) is 4.75. The normalized spacial score (nSPS) is 12.7. The van der Waals surface area contributed by atoms with Crippen LogP contribution in [0.25, 0.3) is 16.9 Å². The molecule has 0 saturated heterocycles. The fraction of sp³-hybridized carbons (Fsp3) is 0.0952. The smallest absolute Gasteiger partial charge is 0.332 e. The van der Waals surface area contributed by atoms with Gasteiger partial charge in [-0.2, -0.15) is 17.6 Å². The second kappa shape index (κ2) is 7.79. The molecule has 1 atom stereocenters. The molecule has 3 aromatic heterocycles. The fourth-order valence-electron chi connectivity index (χ4n) is 3.18. The molecule has 1 unspecified atom stereocenters. The molecular formula is C21H15ClF3N4O+. The summed E-state index contributed by atoms with van der Waals surface area (Å²) in [6.45, 7) is 0. The Hall–Kier alpha value is -3.39. The highest BCUT2D eigenvalue weighted by Crippen LogP contribution is 2.32. The maximum Gasteiger partial charge on any atom is 0.414 e. The zero-order chi connectivity index (χ0) is 21.3. The Balaban J connectivity index is 1.77. The summed E-state index contributed by atoms with van der Waals surface area (Å²) in [4.78, 5) is 19.6. The van der Waals surface area contributed by atoms with Crippen molar-refractivity contribution in [2.75, 3.05) is 0 Å². The van der Waals surface area contributed by atoms with E-state index < -0.39 is 18.1 Å². The minimum atomic E-state index is -4.71. The molecule has 5 nitrogen and oxygen atoms in total. The van der Waals surface area contributed by atoms with Crippen LogP contribution in [0.3, 0.4) is 0 Å². The number of rotatable bonds is 4. The Morgan fingerprint density at radius 3 is 2.60 bits per heavy atom. The summed E-state index contributed by atoms with van der Waals surface area (Å²) >= 11 is 6.07. The number of hydrogen-bond acceptors (Lipinski definition) is 2. The number of aromatic nitrogens is 3. The van der Waals surface area contributed by atoms with E-state index in [2.05, 4.69) is 15.3 Å². The Kier molecular flexibility index (Phi) is 5.17. The monoisotopic (exact) mass is 431 g/mol. The highest BCUT2D eigenvalue weighted by atomic mass is 35.5. The molecule has 4 aromatic rings. The second-order valence-electron chi connectivity index (χ2n) is 6.52. The molecule has 9 heteroatoms. The molecule has 0 aliphatic carbocycles. The van der Waals surface area contributed by atoms with E-state index in [1.54, 1.807) is 53.1 Å². The van der Waals surface area contributed by atoms with Crippen molar-refractivity contribution in [3.05, 3.63) is 89.5 Å². The molecule has 4 rings (SSSR count). The number of H-pyrrole nitrogens is 1. The largest absolute Gasteiger partial charge is 0.414 e. The summed E-state index contributed by atoms with van der Waals surface area (Å²) in [5.74, 6) is -0.389. The highest BCUT2D eigenvalue weighted by Gasteiger charge is 2.44. The van der Waals surface area contributed by atoms with Crippen LogP contribution in [-0.2, 0) is 0 Å². The number of nitrogens with one attached hydrogen (secondary N) is 2. The van der Waals surface area contributed by atoms with Crippen molar-refractivity contribution in [2.45, 2.75) is 12.2 Å². The molecule has 30 heavy (non-hydrogen) atoms. The van der Waals surface area contributed by atoms with Crippen molar-refractivity contribution < 1.29 is 22.4 Å². The molecule has 0 saturated carbocycles. The van der Waals surface area contributed by atoms with Crippen LogP contribution in [0.15, 0.2) is 73.1 Å². The lowest BCUT2D eigenvalue weighted by molar-refractivity contribution is -0.498. The predicted molar refractivity (Wildman–Crippen MR) is 105 cm³/mol. The van der Waals surface area contributed by atoms with Crippen LogP contribution in [0.2, 0.25) is 5.02 Å². The van der Waals surface area contributed by atoms with Crippen molar-refractivity contribution in [2.24, 2.45) is 0 Å². The van der Waals surface area contributed by atoms with Gasteiger partial charge in [-0.1, -0.05) is 29.8 Å². The minimum Gasteiger partial charge on any atom is -0.332 e. The van der Waals surface area contributed by atoms with E-state index in [4.69, 9.17) is 11.6 Å². The average molecular weight is 432 g/mol. The van der Waals surface area contributed by atoms with Gasteiger partial charge in [-0.05, 0) is 42.5 Å². The van der Waals surface area contributed by atoms with Crippen LogP contribution in [0.5, 0.6) is 0 Å². The molecule has 1 amide bonds. The Morgan fingerprint density at radius 1 is 1.10 bits per heavy atom. The average Bonchev–Trinajstić information content (AvgIpc) is 3.11. The SMILES string of the molecule is O=C(NC(c1ccccn1)C(F)(F)F)c1[nH]c(-c2cccc(Cl)c2)[n+]2ccccc12. The Bertz CT molecular complexity index is 1210. The standard InChI is InChI=1S/C21H14ClF3N4O/c22-14-7-5-6-13(12-14)19-27-17(16-9-2-4-11-29(16)19)20(30)28-18(21(23,24)25)15-8-1-3-10-26-15/h1-12,18H,(H,28,30)/p+1. The fourth-order valence-corrected chi connectivity index (χ4v) is 3.37. The number of imidazole rings is 1. The van der Waals surface area contributed by atoms with Crippen LogP contribution in [0, 0.1) is 0 Å². The van der Waals surface area contributed by atoms with Gasteiger partial charge in [0.15, 0.2) is 11.6 Å². The molecular weight excluding hydrogens is 417 g/mol. The number of aromatic amines is 1. The molecule has 0 bridgehead atoms. The molecule has 1 aromatic carbocycles. The van der Waals surface area contributed by atoms with Gasteiger partial charge in [-0.15, -0.1) is 0 Å². The van der Waals surface area contributed by atoms with Crippen LogP contribution in [0.4, 0.5) is 13.2 Å². The number of hydrogen-bond donors (Lipinski definition) is 2.